The van der Waals surface area contributed by atoms with E-state index in [-0.39, 0.29) is 25.0 Å². The molecule has 3 rings (SSSR count). The van der Waals surface area contributed by atoms with Gasteiger partial charge in [-0.1, -0.05) is 6.07 Å². The minimum absolute atomic E-state index is 0.158. The molecule has 0 bridgehead atoms. The molecule has 0 saturated heterocycles. The quantitative estimate of drug-likeness (QED) is 0.832. The van der Waals surface area contributed by atoms with Crippen molar-refractivity contribution in [3.8, 4) is 11.5 Å². The summed E-state index contributed by atoms with van der Waals surface area (Å²) in [6.45, 7) is 1.54. The number of aryl methyl sites for hydroxylation is 1. The third-order valence-electron chi connectivity index (χ3n) is 3.99. The first-order chi connectivity index (χ1) is 12.5. The maximum atomic E-state index is 12.5. The van der Waals surface area contributed by atoms with Crippen LogP contribution in [0.25, 0.3) is 0 Å². The van der Waals surface area contributed by atoms with E-state index in [1.54, 1.807) is 24.3 Å². The zero-order valence-electron chi connectivity index (χ0n) is 14.4. The van der Waals surface area contributed by atoms with Gasteiger partial charge in [0.25, 0.3) is 5.91 Å². The van der Waals surface area contributed by atoms with E-state index >= 15 is 0 Å². The van der Waals surface area contributed by atoms with E-state index < -0.39 is 0 Å². The van der Waals surface area contributed by atoms with Gasteiger partial charge in [0.05, 0.1) is 18.5 Å². The molecule has 2 aromatic carbocycles. The number of carbonyl (C=O) groups excluding carboxylic acids is 3. The second-order valence-electron chi connectivity index (χ2n) is 5.87. The molecule has 0 fully saturated rings. The van der Waals surface area contributed by atoms with Crippen LogP contribution in [0.1, 0.15) is 15.9 Å². The van der Waals surface area contributed by atoms with E-state index in [0.29, 0.717) is 34.7 Å². The molecule has 7 heteroatoms. The molecule has 2 aromatic rings. The number of rotatable bonds is 5. The van der Waals surface area contributed by atoms with E-state index in [4.69, 9.17) is 9.47 Å². The summed E-state index contributed by atoms with van der Waals surface area (Å²) in [5, 5.41) is 2.76. The lowest BCUT2D eigenvalue weighted by atomic mass is 10.1. The highest BCUT2D eigenvalue weighted by Gasteiger charge is 2.27. The smallest absolute Gasteiger partial charge is 0.265 e. The third kappa shape index (κ3) is 3.51. The van der Waals surface area contributed by atoms with E-state index in [0.717, 1.165) is 5.56 Å². The molecule has 7 nitrogen and oxygen atoms in total. The fourth-order valence-corrected chi connectivity index (χ4v) is 2.72. The van der Waals surface area contributed by atoms with Crippen molar-refractivity contribution in [2.75, 3.05) is 30.5 Å². The molecule has 2 amide bonds. The van der Waals surface area contributed by atoms with Crippen LogP contribution in [0.2, 0.25) is 0 Å². The van der Waals surface area contributed by atoms with Crippen molar-refractivity contribution in [2.24, 2.45) is 0 Å². The first kappa shape index (κ1) is 17.5. The predicted octanol–water partition coefficient (Wildman–Crippen LogP) is 2.18. The summed E-state index contributed by atoms with van der Waals surface area (Å²) in [5.74, 6) is 0.246. The van der Waals surface area contributed by atoms with Crippen LogP contribution in [-0.4, -0.2) is 38.4 Å². The first-order valence-corrected chi connectivity index (χ1v) is 7.98. The van der Waals surface area contributed by atoms with Crippen molar-refractivity contribution in [1.82, 2.24) is 0 Å². The number of benzene rings is 2. The lowest BCUT2D eigenvalue weighted by molar-refractivity contribution is -0.123. The van der Waals surface area contributed by atoms with Crippen LogP contribution in [0, 0.1) is 6.92 Å². The van der Waals surface area contributed by atoms with E-state index in [1.807, 2.05) is 13.0 Å². The molecular weight excluding hydrogens is 336 g/mol. The van der Waals surface area contributed by atoms with Gasteiger partial charge in [0.2, 0.25) is 5.91 Å². The minimum Gasteiger partial charge on any atom is -0.495 e. The van der Waals surface area contributed by atoms with Crippen molar-refractivity contribution in [2.45, 2.75) is 6.92 Å². The van der Waals surface area contributed by atoms with E-state index in [2.05, 4.69) is 5.32 Å². The Morgan fingerprint density at radius 3 is 2.85 bits per heavy atom. The number of anilines is 2. The Kier molecular flexibility index (Phi) is 4.88. The Labute approximate surface area is 150 Å². The minimum atomic E-state index is -0.383. The van der Waals surface area contributed by atoms with Gasteiger partial charge in [-0.05, 0) is 42.8 Å². The molecular formula is C19H18N2O5. The Morgan fingerprint density at radius 1 is 1.31 bits per heavy atom. The highest BCUT2D eigenvalue weighted by molar-refractivity contribution is 6.05. The molecule has 1 N–H and O–H groups in total. The topological polar surface area (TPSA) is 84.9 Å². The van der Waals surface area contributed by atoms with Crippen LogP contribution in [0.15, 0.2) is 36.4 Å². The summed E-state index contributed by atoms with van der Waals surface area (Å²) in [6.07, 6.45) is 0.676. The van der Waals surface area contributed by atoms with Crippen molar-refractivity contribution in [3.05, 3.63) is 47.5 Å². The second kappa shape index (κ2) is 7.26. The largest absolute Gasteiger partial charge is 0.495 e. The monoisotopic (exact) mass is 354 g/mol. The van der Waals surface area contributed by atoms with Gasteiger partial charge in [-0.2, -0.15) is 0 Å². The average Bonchev–Trinajstić information content (AvgIpc) is 2.64. The number of fused-ring (bicyclic) bond motifs is 1. The lowest BCUT2D eigenvalue weighted by Gasteiger charge is -2.29. The van der Waals surface area contributed by atoms with Crippen LogP contribution < -0.4 is 19.7 Å². The first-order valence-electron chi connectivity index (χ1n) is 7.98. The molecule has 1 heterocycles. The molecule has 0 unspecified atom stereocenters. The molecule has 1 aliphatic rings. The number of amides is 2. The van der Waals surface area contributed by atoms with Crippen LogP contribution in [0.4, 0.5) is 11.4 Å². The molecule has 0 spiro atoms. The SMILES string of the molecule is COc1ccc(C)cc1NC(=O)CN1C(=O)COc2ccc(C=O)cc21. The Hall–Kier alpha value is -3.35. The predicted molar refractivity (Wildman–Crippen MR) is 96.0 cm³/mol. The van der Waals surface area contributed by atoms with E-state index in [1.165, 1.54) is 18.1 Å². The number of ether oxygens (including phenoxy) is 2. The summed E-state index contributed by atoms with van der Waals surface area (Å²) < 4.78 is 10.6. The van der Waals surface area contributed by atoms with Crippen LogP contribution in [-0.2, 0) is 9.59 Å². The van der Waals surface area contributed by atoms with Gasteiger partial charge < -0.3 is 14.8 Å². The van der Waals surface area contributed by atoms with E-state index in [9.17, 15) is 14.4 Å². The van der Waals surface area contributed by atoms with Gasteiger partial charge >= 0.3 is 0 Å². The molecule has 0 radical (unpaired) electrons. The fraction of sp³-hybridized carbons (Fsp3) is 0.211. The number of methoxy groups -OCH3 is 1. The van der Waals surface area contributed by atoms with Gasteiger partial charge in [0.1, 0.15) is 24.3 Å². The number of hydrogen-bond donors (Lipinski definition) is 1. The Balaban J connectivity index is 1.83. The standard InChI is InChI=1S/C19H18N2O5/c1-12-3-5-16(25-2)14(7-12)20-18(23)9-21-15-8-13(10-22)4-6-17(15)26-11-19(21)24/h3-8,10H,9,11H2,1-2H3,(H,20,23). The maximum Gasteiger partial charge on any atom is 0.265 e. The summed E-state index contributed by atoms with van der Waals surface area (Å²) >= 11 is 0. The number of nitrogens with one attached hydrogen (secondary N) is 1. The number of hydrogen-bond acceptors (Lipinski definition) is 5. The van der Waals surface area contributed by atoms with Gasteiger partial charge in [-0.25, -0.2) is 0 Å². The number of nitrogens with zero attached hydrogens (tertiary/aromatic N) is 1. The highest BCUT2D eigenvalue weighted by Crippen LogP contribution is 2.33. The lowest BCUT2D eigenvalue weighted by Crippen LogP contribution is -2.43. The summed E-state index contributed by atoms with van der Waals surface area (Å²) in [4.78, 5) is 37.0. The Morgan fingerprint density at radius 2 is 2.12 bits per heavy atom. The molecule has 0 saturated carbocycles. The maximum absolute atomic E-state index is 12.5. The zero-order chi connectivity index (χ0) is 18.7. The summed E-state index contributed by atoms with van der Waals surface area (Å²) in [7, 11) is 1.52. The van der Waals surface area contributed by atoms with Gasteiger partial charge in [0.15, 0.2) is 6.61 Å². The van der Waals surface area contributed by atoms with Gasteiger partial charge in [-0.3, -0.25) is 19.3 Å². The fourth-order valence-electron chi connectivity index (χ4n) is 2.72. The third-order valence-corrected chi connectivity index (χ3v) is 3.99. The van der Waals surface area contributed by atoms with Gasteiger partial charge in [-0.15, -0.1) is 0 Å². The normalized spacial score (nSPS) is 12.8. The van der Waals surface area contributed by atoms with Crippen molar-refractivity contribution < 1.29 is 23.9 Å². The van der Waals surface area contributed by atoms with Crippen molar-refractivity contribution in [1.29, 1.82) is 0 Å². The molecule has 1 aliphatic heterocycles. The van der Waals surface area contributed by atoms with Crippen LogP contribution in [0.3, 0.4) is 0 Å². The Bertz CT molecular complexity index is 878. The summed E-state index contributed by atoms with van der Waals surface area (Å²) in [5.41, 5.74) is 2.29. The molecule has 26 heavy (non-hydrogen) atoms. The number of carbonyl (C=O) groups is 3. The molecule has 0 atom stereocenters. The summed E-state index contributed by atoms with van der Waals surface area (Å²) in [6, 6.07) is 10.2. The molecule has 134 valence electrons. The van der Waals surface area contributed by atoms with Crippen LogP contribution in [0.5, 0.6) is 11.5 Å². The zero-order valence-corrected chi connectivity index (χ0v) is 14.4. The van der Waals surface area contributed by atoms with Crippen molar-refractivity contribution >= 4 is 29.5 Å². The number of aldehydes is 1. The van der Waals surface area contributed by atoms with Gasteiger partial charge in [0, 0.05) is 5.56 Å². The van der Waals surface area contributed by atoms with Crippen LogP contribution >= 0.6 is 0 Å². The van der Waals surface area contributed by atoms with Crippen molar-refractivity contribution in [3.63, 3.8) is 0 Å². The molecule has 0 aromatic heterocycles. The second-order valence-corrected chi connectivity index (χ2v) is 5.87. The highest BCUT2D eigenvalue weighted by atomic mass is 16.5. The average molecular weight is 354 g/mol. The molecule has 0 aliphatic carbocycles.